The molecule has 1 saturated heterocycles. The van der Waals surface area contributed by atoms with Crippen molar-refractivity contribution in [2.75, 3.05) is 13.1 Å². The Morgan fingerprint density at radius 1 is 1.37 bits per heavy atom. The van der Waals surface area contributed by atoms with Crippen LogP contribution in [0, 0.1) is 5.92 Å². The van der Waals surface area contributed by atoms with Crippen LogP contribution >= 0.6 is 11.6 Å². The maximum atomic E-state index is 12.3. The number of piperidine rings is 1. The normalized spacial score (nSPS) is 18.4. The third kappa shape index (κ3) is 3.48. The molecule has 104 valence electrons. The molecular weight excluding hydrogens is 262 g/mol. The van der Waals surface area contributed by atoms with Crippen LogP contribution in [0.5, 0.6) is 0 Å². The van der Waals surface area contributed by atoms with E-state index in [1.165, 1.54) is 0 Å². The first-order chi connectivity index (χ1) is 9.11. The lowest BCUT2D eigenvalue weighted by atomic mass is 9.92. The summed E-state index contributed by atoms with van der Waals surface area (Å²) in [5.41, 5.74) is 1.73. The fraction of sp³-hybridized carbons (Fsp3) is 0.533. The number of hydrogen-bond donors (Lipinski definition) is 1. The summed E-state index contributed by atoms with van der Waals surface area (Å²) in [5.74, 6) is 0.863. The molecule has 1 aliphatic heterocycles. The van der Waals surface area contributed by atoms with Crippen molar-refractivity contribution >= 4 is 17.5 Å². The third-order valence-electron chi connectivity index (χ3n) is 3.86. The number of rotatable bonds is 3. The van der Waals surface area contributed by atoms with E-state index in [1.54, 1.807) is 0 Å². The van der Waals surface area contributed by atoms with Gasteiger partial charge in [-0.25, -0.2) is 0 Å². The van der Waals surface area contributed by atoms with Crippen LogP contribution in [0.25, 0.3) is 0 Å². The number of carbonyl (C=O) groups excluding carboxylic acids is 1. The highest BCUT2D eigenvalue weighted by atomic mass is 35.5. The number of nitrogens with zero attached hydrogens (tertiary/aromatic N) is 1. The Kier molecular flexibility index (Phi) is 4.83. The Bertz CT molecular complexity index is 422. The Morgan fingerprint density at radius 2 is 1.95 bits per heavy atom. The van der Waals surface area contributed by atoms with E-state index in [4.69, 9.17) is 11.6 Å². The van der Waals surface area contributed by atoms with Crippen LogP contribution in [0.1, 0.15) is 35.7 Å². The predicted molar refractivity (Wildman–Crippen MR) is 76.3 cm³/mol. The second-order valence-electron chi connectivity index (χ2n) is 5.20. The Balaban J connectivity index is 1.97. The zero-order valence-corrected chi connectivity index (χ0v) is 11.9. The number of likely N-dealkylation sites (tertiary alicyclic amines) is 1. The van der Waals surface area contributed by atoms with Gasteiger partial charge in [0.2, 0.25) is 0 Å². The molecule has 3 nitrogen and oxygen atoms in total. The van der Waals surface area contributed by atoms with Gasteiger partial charge >= 0.3 is 0 Å². The van der Waals surface area contributed by atoms with Crippen LogP contribution < -0.4 is 0 Å². The number of halogens is 1. The van der Waals surface area contributed by atoms with Gasteiger partial charge in [-0.15, -0.1) is 11.6 Å². The highest BCUT2D eigenvalue weighted by molar-refractivity contribution is 6.17. The number of hydrogen-bond acceptors (Lipinski definition) is 2. The van der Waals surface area contributed by atoms with Crippen molar-refractivity contribution in [3.05, 3.63) is 35.4 Å². The lowest BCUT2D eigenvalue weighted by molar-refractivity contribution is 0.0521. The highest BCUT2D eigenvalue weighted by Crippen LogP contribution is 2.22. The maximum absolute atomic E-state index is 12.3. The summed E-state index contributed by atoms with van der Waals surface area (Å²) in [7, 11) is 0. The predicted octanol–water partition coefficient (Wildman–Crippen LogP) is 2.66. The molecule has 19 heavy (non-hydrogen) atoms. The molecule has 1 aliphatic rings. The van der Waals surface area contributed by atoms with Crippen LogP contribution in [0.4, 0.5) is 0 Å². The van der Waals surface area contributed by atoms with E-state index in [-0.39, 0.29) is 12.0 Å². The van der Waals surface area contributed by atoms with E-state index in [9.17, 15) is 9.90 Å². The summed E-state index contributed by atoms with van der Waals surface area (Å²) in [5, 5.41) is 9.56. The zero-order chi connectivity index (χ0) is 13.8. The number of alkyl halides is 1. The van der Waals surface area contributed by atoms with E-state index in [1.807, 2.05) is 36.1 Å². The fourth-order valence-corrected chi connectivity index (χ4v) is 2.68. The van der Waals surface area contributed by atoms with Gasteiger partial charge in [-0.3, -0.25) is 4.79 Å². The summed E-state index contributed by atoms with van der Waals surface area (Å²) in [6, 6.07) is 7.45. The summed E-state index contributed by atoms with van der Waals surface area (Å²) < 4.78 is 0. The molecule has 2 rings (SSSR count). The number of aliphatic hydroxyl groups is 1. The molecule has 0 bridgehead atoms. The molecule has 1 aromatic carbocycles. The Hall–Kier alpha value is -1.06. The Morgan fingerprint density at radius 3 is 2.42 bits per heavy atom. The lowest BCUT2D eigenvalue weighted by Gasteiger charge is -2.33. The average Bonchev–Trinajstić information content (AvgIpc) is 2.46. The molecule has 0 spiro atoms. The minimum atomic E-state index is -0.278. The topological polar surface area (TPSA) is 40.5 Å². The molecule has 1 aromatic rings. The molecule has 1 N–H and O–H groups in total. The summed E-state index contributed by atoms with van der Waals surface area (Å²) >= 11 is 5.73. The molecule has 1 amide bonds. The van der Waals surface area contributed by atoms with Crippen molar-refractivity contribution in [2.45, 2.75) is 31.7 Å². The largest absolute Gasteiger partial charge is 0.393 e. The molecule has 0 radical (unpaired) electrons. The average molecular weight is 282 g/mol. The van der Waals surface area contributed by atoms with Crippen molar-refractivity contribution in [3.63, 3.8) is 0 Å². The van der Waals surface area contributed by atoms with Crippen molar-refractivity contribution in [1.82, 2.24) is 4.90 Å². The smallest absolute Gasteiger partial charge is 0.253 e. The first-order valence-electron chi connectivity index (χ1n) is 6.74. The van der Waals surface area contributed by atoms with Gasteiger partial charge in [-0.05, 0) is 43.4 Å². The molecule has 1 heterocycles. The van der Waals surface area contributed by atoms with Gasteiger partial charge in [0.1, 0.15) is 0 Å². The number of benzene rings is 1. The molecule has 0 aliphatic carbocycles. The van der Waals surface area contributed by atoms with Crippen LogP contribution in [0.3, 0.4) is 0 Å². The van der Waals surface area contributed by atoms with Crippen molar-refractivity contribution in [3.8, 4) is 0 Å². The van der Waals surface area contributed by atoms with Crippen molar-refractivity contribution in [2.24, 2.45) is 5.92 Å². The number of amides is 1. The molecule has 1 fully saturated rings. The number of carbonyl (C=O) groups is 1. The zero-order valence-electron chi connectivity index (χ0n) is 11.2. The van der Waals surface area contributed by atoms with Crippen LogP contribution in [-0.4, -0.2) is 35.1 Å². The molecule has 0 saturated carbocycles. The van der Waals surface area contributed by atoms with Crippen molar-refractivity contribution in [1.29, 1.82) is 0 Å². The third-order valence-corrected chi connectivity index (χ3v) is 4.17. The van der Waals surface area contributed by atoms with E-state index < -0.39 is 0 Å². The van der Waals surface area contributed by atoms with Gasteiger partial charge in [-0.2, -0.15) is 0 Å². The SMILES string of the molecule is CC(O)C1CCN(C(=O)c2ccc(CCl)cc2)CC1. The first-order valence-corrected chi connectivity index (χ1v) is 7.27. The molecule has 0 aromatic heterocycles. The van der Waals surface area contributed by atoms with Crippen molar-refractivity contribution < 1.29 is 9.90 Å². The molecule has 1 unspecified atom stereocenters. The van der Waals surface area contributed by atoms with Gasteiger partial charge in [-0.1, -0.05) is 12.1 Å². The summed E-state index contributed by atoms with van der Waals surface area (Å²) in [6.07, 6.45) is 1.48. The molecular formula is C15H20ClNO2. The van der Waals surface area contributed by atoms with Gasteiger partial charge in [0.05, 0.1) is 6.10 Å². The van der Waals surface area contributed by atoms with Gasteiger partial charge in [0.15, 0.2) is 0 Å². The highest BCUT2D eigenvalue weighted by Gasteiger charge is 2.25. The first kappa shape index (κ1) is 14.4. The second kappa shape index (κ2) is 6.40. The fourth-order valence-electron chi connectivity index (χ4n) is 2.50. The standard InChI is InChI=1S/C15H20ClNO2/c1-11(18)13-6-8-17(9-7-13)15(19)14-4-2-12(10-16)3-5-14/h2-5,11,13,18H,6-10H2,1H3. The maximum Gasteiger partial charge on any atom is 0.253 e. The Labute approximate surface area is 119 Å². The number of aliphatic hydroxyl groups excluding tert-OH is 1. The van der Waals surface area contributed by atoms with E-state index in [2.05, 4.69) is 0 Å². The van der Waals surface area contributed by atoms with E-state index in [0.29, 0.717) is 17.4 Å². The van der Waals surface area contributed by atoms with Crippen LogP contribution in [0.15, 0.2) is 24.3 Å². The summed E-state index contributed by atoms with van der Waals surface area (Å²) in [6.45, 7) is 3.28. The summed E-state index contributed by atoms with van der Waals surface area (Å²) in [4.78, 5) is 14.2. The van der Waals surface area contributed by atoms with Gasteiger partial charge < -0.3 is 10.0 Å². The second-order valence-corrected chi connectivity index (χ2v) is 5.47. The lowest BCUT2D eigenvalue weighted by Crippen LogP contribution is -2.40. The van der Waals surface area contributed by atoms with Gasteiger partial charge in [0.25, 0.3) is 5.91 Å². The minimum absolute atomic E-state index is 0.0742. The monoisotopic (exact) mass is 281 g/mol. The van der Waals surface area contributed by atoms with Crippen LogP contribution in [0.2, 0.25) is 0 Å². The quantitative estimate of drug-likeness (QED) is 0.866. The minimum Gasteiger partial charge on any atom is -0.393 e. The molecule has 1 atom stereocenters. The molecule has 4 heteroatoms. The van der Waals surface area contributed by atoms with Gasteiger partial charge in [0, 0.05) is 24.5 Å². The van der Waals surface area contributed by atoms with E-state index in [0.717, 1.165) is 31.5 Å². The van der Waals surface area contributed by atoms with Crippen LogP contribution in [-0.2, 0) is 5.88 Å². The van der Waals surface area contributed by atoms with E-state index >= 15 is 0 Å².